The molecule has 0 unspecified atom stereocenters. The number of primary amides is 1. The number of piperidine rings is 1. The number of nitrogens with zero attached hydrogens (tertiary/aromatic N) is 1. The van der Waals surface area contributed by atoms with Crippen LogP contribution in [0.25, 0.3) is 0 Å². The van der Waals surface area contributed by atoms with Gasteiger partial charge in [0, 0.05) is 35.6 Å². The van der Waals surface area contributed by atoms with Crippen molar-refractivity contribution in [2.24, 2.45) is 5.73 Å². The standard InChI is InChI=1S/C21H24N4O3/c22-20(27)16-5-4-6-18(13-16)23-14-19(26)24-17-9-7-15(8-10-17)21(28)25-11-2-1-3-12-25/h4-10,13,23H,1-3,11-12,14H2,(H2,22,27)(H,24,26). The van der Waals surface area contributed by atoms with E-state index in [2.05, 4.69) is 10.6 Å². The monoisotopic (exact) mass is 380 g/mol. The molecule has 0 aromatic heterocycles. The smallest absolute Gasteiger partial charge is 0.253 e. The van der Waals surface area contributed by atoms with Crippen LogP contribution >= 0.6 is 0 Å². The second-order valence-electron chi connectivity index (χ2n) is 6.78. The molecule has 28 heavy (non-hydrogen) atoms. The average Bonchev–Trinajstić information content (AvgIpc) is 2.73. The number of nitrogens with one attached hydrogen (secondary N) is 2. The van der Waals surface area contributed by atoms with Gasteiger partial charge in [-0.3, -0.25) is 14.4 Å². The van der Waals surface area contributed by atoms with Crippen LogP contribution in [0.4, 0.5) is 11.4 Å². The van der Waals surface area contributed by atoms with Crippen molar-refractivity contribution < 1.29 is 14.4 Å². The van der Waals surface area contributed by atoms with Crippen molar-refractivity contribution in [3.63, 3.8) is 0 Å². The second-order valence-corrected chi connectivity index (χ2v) is 6.78. The third-order valence-corrected chi connectivity index (χ3v) is 4.66. The first kappa shape index (κ1) is 19.4. The number of anilines is 2. The summed E-state index contributed by atoms with van der Waals surface area (Å²) in [5, 5.41) is 5.73. The van der Waals surface area contributed by atoms with Gasteiger partial charge in [0.15, 0.2) is 0 Å². The molecular weight excluding hydrogens is 356 g/mol. The van der Waals surface area contributed by atoms with Gasteiger partial charge in [0.05, 0.1) is 6.54 Å². The van der Waals surface area contributed by atoms with E-state index in [0.717, 1.165) is 25.9 Å². The fourth-order valence-electron chi connectivity index (χ4n) is 3.15. The Morgan fingerprint density at radius 3 is 2.29 bits per heavy atom. The fourth-order valence-corrected chi connectivity index (χ4v) is 3.15. The van der Waals surface area contributed by atoms with Gasteiger partial charge in [0.1, 0.15) is 0 Å². The zero-order valence-electron chi connectivity index (χ0n) is 15.6. The van der Waals surface area contributed by atoms with Gasteiger partial charge in [0.25, 0.3) is 5.91 Å². The molecule has 1 saturated heterocycles. The summed E-state index contributed by atoms with van der Waals surface area (Å²) in [6, 6.07) is 13.6. The van der Waals surface area contributed by atoms with Gasteiger partial charge < -0.3 is 21.3 Å². The van der Waals surface area contributed by atoms with Gasteiger partial charge in [0.2, 0.25) is 11.8 Å². The van der Waals surface area contributed by atoms with Crippen molar-refractivity contribution in [3.8, 4) is 0 Å². The molecule has 3 rings (SSSR count). The van der Waals surface area contributed by atoms with Crippen LogP contribution in [0.3, 0.4) is 0 Å². The van der Waals surface area contributed by atoms with E-state index in [-0.39, 0.29) is 18.4 Å². The number of carbonyl (C=O) groups is 3. The molecule has 0 atom stereocenters. The number of nitrogens with two attached hydrogens (primary N) is 1. The summed E-state index contributed by atoms with van der Waals surface area (Å²) in [5.41, 5.74) is 7.50. The van der Waals surface area contributed by atoms with Crippen molar-refractivity contribution in [3.05, 3.63) is 59.7 Å². The minimum atomic E-state index is -0.521. The zero-order valence-corrected chi connectivity index (χ0v) is 15.6. The highest BCUT2D eigenvalue weighted by molar-refractivity contribution is 5.97. The van der Waals surface area contributed by atoms with E-state index in [1.165, 1.54) is 6.42 Å². The molecule has 0 bridgehead atoms. The topological polar surface area (TPSA) is 105 Å². The minimum absolute atomic E-state index is 0.0357. The molecule has 7 heteroatoms. The minimum Gasteiger partial charge on any atom is -0.376 e. The summed E-state index contributed by atoms with van der Waals surface area (Å²) in [5.74, 6) is -0.722. The van der Waals surface area contributed by atoms with Gasteiger partial charge in [-0.1, -0.05) is 6.07 Å². The first-order valence-electron chi connectivity index (χ1n) is 9.36. The van der Waals surface area contributed by atoms with Crippen molar-refractivity contribution in [2.75, 3.05) is 30.3 Å². The lowest BCUT2D eigenvalue weighted by Crippen LogP contribution is -2.35. The van der Waals surface area contributed by atoms with Crippen LogP contribution in [0.5, 0.6) is 0 Å². The summed E-state index contributed by atoms with van der Waals surface area (Å²) in [6.07, 6.45) is 3.28. The number of hydrogen-bond acceptors (Lipinski definition) is 4. The Hall–Kier alpha value is -3.35. The Labute approximate surface area is 163 Å². The Bertz CT molecular complexity index is 858. The third-order valence-electron chi connectivity index (χ3n) is 4.66. The molecule has 7 nitrogen and oxygen atoms in total. The van der Waals surface area contributed by atoms with Crippen LogP contribution in [0, 0.1) is 0 Å². The summed E-state index contributed by atoms with van der Waals surface area (Å²) in [4.78, 5) is 37.7. The van der Waals surface area contributed by atoms with Crippen LogP contribution < -0.4 is 16.4 Å². The molecule has 0 aliphatic carbocycles. The number of amides is 3. The molecule has 1 fully saturated rings. The Morgan fingerprint density at radius 2 is 1.61 bits per heavy atom. The molecule has 0 saturated carbocycles. The molecule has 4 N–H and O–H groups in total. The van der Waals surface area contributed by atoms with E-state index >= 15 is 0 Å². The predicted octanol–water partition coefficient (Wildman–Crippen LogP) is 2.46. The number of benzene rings is 2. The third kappa shape index (κ3) is 5.09. The predicted molar refractivity (Wildman–Crippen MR) is 108 cm³/mol. The van der Waals surface area contributed by atoms with E-state index in [0.29, 0.717) is 22.5 Å². The molecule has 1 aliphatic rings. The number of hydrogen-bond donors (Lipinski definition) is 3. The highest BCUT2D eigenvalue weighted by atomic mass is 16.2. The largest absolute Gasteiger partial charge is 0.376 e. The summed E-state index contributed by atoms with van der Waals surface area (Å²) < 4.78 is 0. The normalized spacial score (nSPS) is 13.6. The molecule has 0 spiro atoms. The van der Waals surface area contributed by atoms with Gasteiger partial charge in [-0.05, 0) is 61.7 Å². The van der Waals surface area contributed by atoms with Crippen LogP contribution in [-0.2, 0) is 4.79 Å². The lowest BCUT2D eigenvalue weighted by atomic mass is 10.1. The van der Waals surface area contributed by atoms with E-state index in [1.54, 1.807) is 48.5 Å². The van der Waals surface area contributed by atoms with E-state index in [9.17, 15) is 14.4 Å². The van der Waals surface area contributed by atoms with Crippen LogP contribution in [0.15, 0.2) is 48.5 Å². The molecule has 146 valence electrons. The number of rotatable bonds is 6. The molecule has 0 radical (unpaired) electrons. The number of likely N-dealkylation sites (tertiary alicyclic amines) is 1. The van der Waals surface area contributed by atoms with Crippen LogP contribution in [0.1, 0.15) is 40.0 Å². The van der Waals surface area contributed by atoms with Crippen molar-refractivity contribution in [2.45, 2.75) is 19.3 Å². The molecule has 2 aromatic carbocycles. The summed E-state index contributed by atoms with van der Waals surface area (Å²) in [7, 11) is 0. The SMILES string of the molecule is NC(=O)c1cccc(NCC(=O)Nc2ccc(C(=O)N3CCCCC3)cc2)c1. The maximum absolute atomic E-state index is 12.5. The molecule has 2 aromatic rings. The molecule has 1 heterocycles. The maximum Gasteiger partial charge on any atom is 0.253 e. The Balaban J connectivity index is 1.52. The van der Waals surface area contributed by atoms with Crippen molar-refractivity contribution in [1.29, 1.82) is 0 Å². The van der Waals surface area contributed by atoms with Crippen molar-refractivity contribution in [1.82, 2.24) is 4.90 Å². The van der Waals surface area contributed by atoms with Gasteiger partial charge in [-0.2, -0.15) is 0 Å². The van der Waals surface area contributed by atoms with Crippen LogP contribution in [-0.4, -0.2) is 42.3 Å². The fraction of sp³-hybridized carbons (Fsp3) is 0.286. The maximum atomic E-state index is 12.5. The lowest BCUT2D eigenvalue weighted by Gasteiger charge is -2.26. The van der Waals surface area contributed by atoms with E-state index < -0.39 is 5.91 Å². The lowest BCUT2D eigenvalue weighted by molar-refractivity contribution is -0.114. The van der Waals surface area contributed by atoms with Crippen molar-refractivity contribution >= 4 is 29.1 Å². The highest BCUT2D eigenvalue weighted by Gasteiger charge is 2.18. The summed E-state index contributed by atoms with van der Waals surface area (Å²) in [6.45, 7) is 1.65. The molecule has 3 amide bonds. The molecule has 1 aliphatic heterocycles. The van der Waals surface area contributed by atoms with E-state index in [4.69, 9.17) is 5.73 Å². The highest BCUT2D eigenvalue weighted by Crippen LogP contribution is 2.16. The number of carbonyl (C=O) groups excluding carboxylic acids is 3. The van der Waals surface area contributed by atoms with Gasteiger partial charge >= 0.3 is 0 Å². The van der Waals surface area contributed by atoms with Gasteiger partial charge in [-0.25, -0.2) is 0 Å². The van der Waals surface area contributed by atoms with Crippen LogP contribution in [0.2, 0.25) is 0 Å². The quantitative estimate of drug-likeness (QED) is 0.716. The molecular formula is C21H24N4O3. The van der Waals surface area contributed by atoms with E-state index in [1.807, 2.05) is 4.90 Å². The Kier molecular flexibility index (Phi) is 6.26. The first-order valence-corrected chi connectivity index (χ1v) is 9.36. The summed E-state index contributed by atoms with van der Waals surface area (Å²) >= 11 is 0. The zero-order chi connectivity index (χ0) is 19.9. The first-order chi connectivity index (χ1) is 13.5. The second kappa shape index (κ2) is 9.03. The Morgan fingerprint density at radius 1 is 0.893 bits per heavy atom. The average molecular weight is 380 g/mol. The van der Waals surface area contributed by atoms with Gasteiger partial charge in [-0.15, -0.1) is 0 Å².